The summed E-state index contributed by atoms with van der Waals surface area (Å²) in [4.78, 5) is 12.5. The number of Topliss-reactive ketones (excluding diaryl/α,β-unsaturated/α-hetero) is 1. The van der Waals surface area contributed by atoms with Gasteiger partial charge in [0, 0.05) is 18.9 Å². The molecule has 0 aliphatic carbocycles. The van der Waals surface area contributed by atoms with Crippen molar-refractivity contribution in [2.45, 2.75) is 19.3 Å². The first-order valence-corrected chi connectivity index (χ1v) is 7.44. The Bertz CT molecular complexity index is 642. The Labute approximate surface area is 124 Å². The third kappa shape index (κ3) is 3.08. The first-order valence-electron chi connectivity index (χ1n) is 7.44. The normalized spacial score (nSPS) is 18.6. The van der Waals surface area contributed by atoms with Crippen molar-refractivity contribution in [3.63, 3.8) is 0 Å². The van der Waals surface area contributed by atoms with Gasteiger partial charge in [0.25, 0.3) is 0 Å². The minimum absolute atomic E-state index is 0.0552. The SMILES string of the molecule is COc1ccc2cccc(CC(=O)C3CCCOC3)c2c1. The number of ether oxygens (including phenoxy) is 2. The summed E-state index contributed by atoms with van der Waals surface area (Å²) in [7, 11) is 1.66. The number of ketones is 1. The van der Waals surface area contributed by atoms with E-state index >= 15 is 0 Å². The summed E-state index contributed by atoms with van der Waals surface area (Å²) >= 11 is 0. The lowest BCUT2D eigenvalue weighted by atomic mass is 9.91. The summed E-state index contributed by atoms with van der Waals surface area (Å²) in [6.45, 7) is 1.36. The Balaban J connectivity index is 1.87. The zero-order chi connectivity index (χ0) is 14.7. The molecule has 0 aromatic heterocycles. The van der Waals surface area contributed by atoms with E-state index in [2.05, 4.69) is 6.07 Å². The van der Waals surface area contributed by atoms with E-state index in [1.165, 1.54) is 0 Å². The van der Waals surface area contributed by atoms with Crippen LogP contribution >= 0.6 is 0 Å². The maximum absolute atomic E-state index is 12.5. The Hall–Kier alpha value is -1.87. The highest BCUT2D eigenvalue weighted by atomic mass is 16.5. The van der Waals surface area contributed by atoms with Crippen molar-refractivity contribution in [3.8, 4) is 5.75 Å². The fourth-order valence-electron chi connectivity index (χ4n) is 2.92. The third-order valence-corrected chi connectivity index (χ3v) is 4.16. The molecule has 3 rings (SSSR count). The summed E-state index contributed by atoms with van der Waals surface area (Å²) in [6.07, 6.45) is 2.41. The Morgan fingerprint density at radius 3 is 3.00 bits per heavy atom. The third-order valence-electron chi connectivity index (χ3n) is 4.16. The van der Waals surface area contributed by atoms with Crippen molar-refractivity contribution in [3.05, 3.63) is 42.0 Å². The summed E-state index contributed by atoms with van der Waals surface area (Å²) in [6, 6.07) is 12.1. The maximum atomic E-state index is 12.5. The van der Waals surface area contributed by atoms with Crippen molar-refractivity contribution >= 4 is 16.6 Å². The Morgan fingerprint density at radius 2 is 2.24 bits per heavy atom. The molecule has 1 aliphatic heterocycles. The van der Waals surface area contributed by atoms with Gasteiger partial charge in [-0.3, -0.25) is 4.79 Å². The summed E-state index contributed by atoms with van der Waals surface area (Å²) in [5.74, 6) is 1.16. The van der Waals surface area contributed by atoms with E-state index in [1.807, 2.05) is 30.3 Å². The van der Waals surface area contributed by atoms with Crippen LogP contribution in [0.15, 0.2) is 36.4 Å². The Morgan fingerprint density at radius 1 is 1.33 bits per heavy atom. The standard InChI is InChI=1S/C18H20O3/c1-20-16-8-7-13-4-2-5-14(17(13)11-16)10-18(19)15-6-3-9-21-12-15/h2,4-5,7-8,11,15H,3,6,9-10,12H2,1H3. The van der Waals surface area contributed by atoms with E-state index in [-0.39, 0.29) is 11.7 Å². The molecule has 0 bridgehead atoms. The number of carbonyl (C=O) groups excluding carboxylic acids is 1. The fourth-order valence-corrected chi connectivity index (χ4v) is 2.92. The number of hydrogen-bond acceptors (Lipinski definition) is 3. The number of rotatable bonds is 4. The van der Waals surface area contributed by atoms with Crippen LogP contribution in [0.25, 0.3) is 10.8 Å². The van der Waals surface area contributed by atoms with E-state index in [9.17, 15) is 4.79 Å². The smallest absolute Gasteiger partial charge is 0.142 e. The molecule has 1 atom stereocenters. The Kier molecular flexibility index (Phi) is 4.20. The average Bonchev–Trinajstić information content (AvgIpc) is 2.55. The monoisotopic (exact) mass is 284 g/mol. The van der Waals surface area contributed by atoms with Gasteiger partial charge in [-0.15, -0.1) is 0 Å². The van der Waals surface area contributed by atoms with Gasteiger partial charge >= 0.3 is 0 Å². The predicted molar refractivity (Wildman–Crippen MR) is 82.8 cm³/mol. The number of fused-ring (bicyclic) bond motifs is 1. The molecule has 21 heavy (non-hydrogen) atoms. The van der Waals surface area contributed by atoms with Crippen molar-refractivity contribution in [2.75, 3.05) is 20.3 Å². The van der Waals surface area contributed by atoms with Crippen LogP contribution in [0.4, 0.5) is 0 Å². The number of carbonyl (C=O) groups is 1. The average molecular weight is 284 g/mol. The molecule has 0 amide bonds. The fraction of sp³-hybridized carbons (Fsp3) is 0.389. The number of methoxy groups -OCH3 is 1. The highest BCUT2D eigenvalue weighted by Crippen LogP contribution is 2.26. The van der Waals surface area contributed by atoms with E-state index in [1.54, 1.807) is 7.11 Å². The first-order chi connectivity index (χ1) is 10.3. The molecule has 2 aromatic carbocycles. The largest absolute Gasteiger partial charge is 0.497 e. The van der Waals surface area contributed by atoms with Crippen LogP contribution in [0.5, 0.6) is 5.75 Å². The van der Waals surface area contributed by atoms with Gasteiger partial charge in [0.15, 0.2) is 0 Å². The van der Waals surface area contributed by atoms with Gasteiger partial charge in [-0.25, -0.2) is 0 Å². The minimum Gasteiger partial charge on any atom is -0.497 e. The van der Waals surface area contributed by atoms with Gasteiger partial charge in [0.2, 0.25) is 0 Å². The predicted octanol–water partition coefficient (Wildman–Crippen LogP) is 3.39. The zero-order valence-corrected chi connectivity index (χ0v) is 12.3. The molecule has 110 valence electrons. The van der Waals surface area contributed by atoms with Gasteiger partial charge in [-0.2, -0.15) is 0 Å². The minimum atomic E-state index is 0.0552. The van der Waals surface area contributed by atoms with Crippen LogP contribution in [0, 0.1) is 5.92 Å². The summed E-state index contributed by atoms with van der Waals surface area (Å²) < 4.78 is 10.7. The van der Waals surface area contributed by atoms with Crippen LogP contribution in [-0.4, -0.2) is 26.1 Å². The van der Waals surface area contributed by atoms with Crippen molar-refractivity contribution in [1.29, 1.82) is 0 Å². The molecule has 0 spiro atoms. The number of hydrogen-bond donors (Lipinski definition) is 0. The second kappa shape index (κ2) is 6.27. The molecular weight excluding hydrogens is 264 g/mol. The molecule has 2 aromatic rings. The van der Waals surface area contributed by atoms with Gasteiger partial charge in [0.1, 0.15) is 11.5 Å². The zero-order valence-electron chi connectivity index (χ0n) is 12.3. The topological polar surface area (TPSA) is 35.5 Å². The highest BCUT2D eigenvalue weighted by molar-refractivity contribution is 5.92. The quantitative estimate of drug-likeness (QED) is 0.863. The van der Waals surface area contributed by atoms with Crippen molar-refractivity contribution in [1.82, 2.24) is 0 Å². The number of benzene rings is 2. The van der Waals surface area contributed by atoms with Crippen LogP contribution in [0.1, 0.15) is 18.4 Å². The van der Waals surface area contributed by atoms with Gasteiger partial charge in [-0.1, -0.05) is 24.3 Å². The van der Waals surface area contributed by atoms with Crippen LogP contribution < -0.4 is 4.74 Å². The van der Waals surface area contributed by atoms with Gasteiger partial charge < -0.3 is 9.47 Å². The lowest BCUT2D eigenvalue weighted by Crippen LogP contribution is -2.26. The van der Waals surface area contributed by atoms with Crippen molar-refractivity contribution in [2.24, 2.45) is 5.92 Å². The molecular formula is C18H20O3. The first kappa shape index (κ1) is 14.1. The second-order valence-electron chi connectivity index (χ2n) is 5.56. The lowest BCUT2D eigenvalue weighted by Gasteiger charge is -2.21. The molecule has 1 fully saturated rings. The van der Waals surface area contributed by atoms with E-state index in [4.69, 9.17) is 9.47 Å². The summed E-state index contributed by atoms with van der Waals surface area (Å²) in [5.41, 5.74) is 1.07. The molecule has 1 unspecified atom stereocenters. The second-order valence-corrected chi connectivity index (χ2v) is 5.56. The molecule has 0 radical (unpaired) electrons. The van der Waals surface area contributed by atoms with E-state index in [0.717, 1.165) is 41.5 Å². The van der Waals surface area contributed by atoms with Gasteiger partial charge in [0.05, 0.1) is 13.7 Å². The summed E-state index contributed by atoms with van der Waals surface area (Å²) in [5, 5.41) is 2.24. The van der Waals surface area contributed by atoms with Gasteiger partial charge in [-0.05, 0) is 41.3 Å². The van der Waals surface area contributed by atoms with Crippen LogP contribution in [0.2, 0.25) is 0 Å². The maximum Gasteiger partial charge on any atom is 0.142 e. The van der Waals surface area contributed by atoms with Crippen LogP contribution in [0.3, 0.4) is 0 Å². The van der Waals surface area contributed by atoms with E-state index < -0.39 is 0 Å². The highest BCUT2D eigenvalue weighted by Gasteiger charge is 2.22. The van der Waals surface area contributed by atoms with Crippen molar-refractivity contribution < 1.29 is 14.3 Å². The molecule has 0 saturated carbocycles. The molecule has 3 heteroatoms. The van der Waals surface area contributed by atoms with Crippen LogP contribution in [-0.2, 0) is 16.0 Å². The van der Waals surface area contributed by atoms with E-state index in [0.29, 0.717) is 13.0 Å². The molecule has 3 nitrogen and oxygen atoms in total. The molecule has 0 N–H and O–H groups in total. The molecule has 1 aliphatic rings. The lowest BCUT2D eigenvalue weighted by molar-refractivity contribution is -0.126. The molecule has 1 heterocycles. The molecule has 1 saturated heterocycles.